The summed E-state index contributed by atoms with van der Waals surface area (Å²) in [5.74, 6) is -3.17. The van der Waals surface area contributed by atoms with E-state index in [0.717, 1.165) is 10.2 Å². The Labute approximate surface area is 147 Å². The van der Waals surface area contributed by atoms with E-state index in [1.807, 2.05) is 30.3 Å². The Bertz CT molecular complexity index is 759. The first-order chi connectivity index (χ1) is 11.5. The fourth-order valence-corrected chi connectivity index (χ4v) is 4.54. The number of fused-ring (bicyclic) bond motifs is 1. The van der Waals surface area contributed by atoms with Crippen molar-refractivity contribution in [2.45, 2.75) is 24.2 Å². The molecule has 3 aliphatic heterocycles. The van der Waals surface area contributed by atoms with Gasteiger partial charge in [-0.05, 0) is 30.7 Å². The van der Waals surface area contributed by atoms with Crippen LogP contribution in [0.5, 0.6) is 0 Å². The summed E-state index contributed by atoms with van der Waals surface area (Å²) in [6.07, 6.45) is 5.24. The van der Waals surface area contributed by atoms with Crippen LogP contribution in [0.15, 0.2) is 53.5 Å². The number of hydrogen-bond acceptors (Lipinski definition) is 4. The van der Waals surface area contributed by atoms with Gasteiger partial charge in [0.1, 0.15) is 5.60 Å². The van der Waals surface area contributed by atoms with Gasteiger partial charge in [0.2, 0.25) is 5.91 Å². The molecule has 0 saturated carbocycles. The largest absolute Gasteiger partial charge is 0.550 e. The highest BCUT2D eigenvalue weighted by molar-refractivity contribution is 9.10. The average molecular weight is 389 g/mol. The highest BCUT2D eigenvalue weighted by Gasteiger charge is 2.69. The molecule has 6 heteroatoms. The summed E-state index contributed by atoms with van der Waals surface area (Å²) >= 11 is 3.38. The van der Waals surface area contributed by atoms with Gasteiger partial charge in [0.15, 0.2) is 0 Å². The first-order valence-corrected chi connectivity index (χ1v) is 8.56. The number of carbonyl (C=O) groups is 2. The maximum Gasteiger partial charge on any atom is 0.234 e. The van der Waals surface area contributed by atoms with Crippen molar-refractivity contribution >= 4 is 33.5 Å². The van der Waals surface area contributed by atoms with E-state index in [-0.39, 0.29) is 11.9 Å². The molecular weight excluding hydrogens is 374 g/mol. The molecule has 2 bridgehead atoms. The summed E-state index contributed by atoms with van der Waals surface area (Å²) in [7, 11) is 0. The summed E-state index contributed by atoms with van der Waals surface area (Å²) in [5, 5.41) is 11.6. The Morgan fingerprint density at radius 3 is 2.75 bits per heavy atom. The van der Waals surface area contributed by atoms with Crippen molar-refractivity contribution in [3.63, 3.8) is 0 Å². The maximum atomic E-state index is 13.1. The molecule has 0 aliphatic carbocycles. The summed E-state index contributed by atoms with van der Waals surface area (Å²) < 4.78 is 6.92. The molecule has 2 saturated heterocycles. The first kappa shape index (κ1) is 15.6. The highest BCUT2D eigenvalue weighted by atomic mass is 79.9. The molecule has 2 fully saturated rings. The van der Waals surface area contributed by atoms with Crippen molar-refractivity contribution in [3.05, 3.63) is 53.5 Å². The smallest absolute Gasteiger partial charge is 0.234 e. The van der Waals surface area contributed by atoms with Gasteiger partial charge in [0.25, 0.3) is 0 Å². The lowest BCUT2D eigenvalue weighted by molar-refractivity contribution is -0.313. The monoisotopic (exact) mass is 388 g/mol. The Kier molecular flexibility index (Phi) is 3.44. The minimum atomic E-state index is -1.24. The van der Waals surface area contributed by atoms with E-state index in [0.29, 0.717) is 6.42 Å². The first-order valence-electron chi connectivity index (χ1n) is 7.77. The van der Waals surface area contributed by atoms with Gasteiger partial charge >= 0.3 is 0 Å². The topological polar surface area (TPSA) is 69.7 Å². The number of hydrogen-bond donors (Lipinski definition) is 0. The molecule has 0 unspecified atom stereocenters. The van der Waals surface area contributed by atoms with Crippen molar-refractivity contribution < 1.29 is 19.4 Å². The number of ether oxygens (including phenoxy) is 1. The number of aliphatic carboxylic acids is 1. The van der Waals surface area contributed by atoms with Crippen molar-refractivity contribution in [2.24, 2.45) is 11.8 Å². The van der Waals surface area contributed by atoms with Crippen LogP contribution in [0.3, 0.4) is 0 Å². The molecule has 1 spiro atoms. The number of carboxylic acids is 1. The van der Waals surface area contributed by atoms with Crippen LogP contribution in [-0.2, 0) is 14.3 Å². The molecular formula is C18H15BrNO4-. The van der Waals surface area contributed by atoms with Gasteiger partial charge in [-0.2, -0.15) is 0 Å². The van der Waals surface area contributed by atoms with Crippen LogP contribution in [0.25, 0.3) is 0 Å². The van der Waals surface area contributed by atoms with Crippen molar-refractivity contribution in [3.8, 4) is 0 Å². The molecule has 0 N–H and O–H groups in total. The fourth-order valence-electron chi connectivity index (χ4n) is 4.28. The second kappa shape index (κ2) is 5.29. The zero-order valence-corrected chi connectivity index (χ0v) is 14.3. The van der Waals surface area contributed by atoms with Gasteiger partial charge in [-0.15, -0.1) is 6.58 Å². The fraction of sp³-hybridized carbons (Fsp3) is 0.333. The number of nitrogens with zero attached hydrogens (tertiary/aromatic N) is 1. The number of anilines is 1. The lowest BCUT2D eigenvalue weighted by atomic mass is 9.74. The second-order valence-electron chi connectivity index (χ2n) is 6.34. The van der Waals surface area contributed by atoms with Crippen LogP contribution in [0.2, 0.25) is 0 Å². The Balaban J connectivity index is 1.83. The van der Waals surface area contributed by atoms with Gasteiger partial charge in [-0.1, -0.05) is 34.2 Å². The third-order valence-corrected chi connectivity index (χ3v) is 5.72. The normalized spacial score (nSPS) is 36.2. The molecule has 5 nitrogen and oxygen atoms in total. The van der Waals surface area contributed by atoms with Crippen molar-refractivity contribution in [2.75, 3.05) is 4.90 Å². The van der Waals surface area contributed by atoms with Gasteiger partial charge in [-0.25, -0.2) is 0 Å². The number of amides is 1. The number of halogens is 1. The van der Waals surface area contributed by atoms with Gasteiger partial charge in [-0.3, -0.25) is 4.79 Å². The van der Waals surface area contributed by atoms with Crippen LogP contribution in [-0.4, -0.2) is 29.6 Å². The molecule has 1 amide bonds. The molecule has 3 aliphatic rings. The highest BCUT2D eigenvalue weighted by Crippen LogP contribution is 2.56. The summed E-state index contributed by atoms with van der Waals surface area (Å²) in [4.78, 5) is 26.4. The lowest BCUT2D eigenvalue weighted by Crippen LogP contribution is -2.46. The van der Waals surface area contributed by atoms with Crippen LogP contribution in [0, 0.1) is 11.8 Å². The Hall–Kier alpha value is -1.92. The van der Waals surface area contributed by atoms with Crippen LogP contribution >= 0.6 is 15.9 Å². The van der Waals surface area contributed by atoms with Gasteiger partial charge in [0, 0.05) is 22.0 Å². The zero-order valence-electron chi connectivity index (χ0n) is 12.7. The molecule has 4 rings (SSSR count). The summed E-state index contributed by atoms with van der Waals surface area (Å²) in [5.41, 5.74) is -0.204. The van der Waals surface area contributed by atoms with Crippen LogP contribution in [0.1, 0.15) is 6.42 Å². The van der Waals surface area contributed by atoms with Crippen LogP contribution in [0.4, 0.5) is 5.69 Å². The Morgan fingerprint density at radius 2 is 2.12 bits per heavy atom. The summed E-state index contributed by atoms with van der Waals surface area (Å²) in [6.45, 7) is 3.78. The summed E-state index contributed by atoms with van der Waals surface area (Å²) in [6, 6.07) is 7.05. The maximum absolute atomic E-state index is 13.1. The number of carbonyl (C=O) groups excluding carboxylic acids is 2. The second-order valence-corrected chi connectivity index (χ2v) is 7.26. The zero-order chi connectivity index (χ0) is 17.1. The number of carboxylic acid groups (broad SMARTS) is 1. The van der Waals surface area contributed by atoms with Gasteiger partial charge in [0.05, 0.1) is 18.1 Å². The minimum Gasteiger partial charge on any atom is -0.550 e. The molecule has 24 heavy (non-hydrogen) atoms. The molecule has 5 atom stereocenters. The van der Waals surface area contributed by atoms with Crippen molar-refractivity contribution in [1.82, 2.24) is 0 Å². The van der Waals surface area contributed by atoms with E-state index in [1.165, 1.54) is 0 Å². The predicted octanol–water partition coefficient (Wildman–Crippen LogP) is 1.43. The van der Waals surface area contributed by atoms with Crippen LogP contribution < -0.4 is 10.0 Å². The molecule has 3 heterocycles. The van der Waals surface area contributed by atoms with E-state index in [1.54, 1.807) is 17.1 Å². The molecule has 0 radical (unpaired) electrons. The predicted molar refractivity (Wildman–Crippen MR) is 89.0 cm³/mol. The van der Waals surface area contributed by atoms with E-state index in [4.69, 9.17) is 4.74 Å². The quantitative estimate of drug-likeness (QED) is 0.731. The molecule has 1 aromatic carbocycles. The third kappa shape index (κ3) is 1.90. The molecule has 124 valence electrons. The van der Waals surface area contributed by atoms with E-state index in [2.05, 4.69) is 22.5 Å². The Morgan fingerprint density at radius 1 is 1.42 bits per heavy atom. The molecule has 1 aromatic rings. The van der Waals surface area contributed by atoms with E-state index < -0.39 is 29.5 Å². The standard InChI is InChI=1S/C18H16BrNO4/c1-2-3-13-18-9-8-12(24-18)14(17(22)23)15(18)16(21)20(13)11-6-4-10(19)5-7-11/h2,4-9,12-15H,1,3H2,(H,22,23)/p-1/t12-,13-,14-,15+,18+/m0/s1. The molecule has 0 aromatic heterocycles. The van der Waals surface area contributed by atoms with E-state index in [9.17, 15) is 14.7 Å². The number of benzene rings is 1. The minimum absolute atomic E-state index is 0.231. The third-order valence-electron chi connectivity index (χ3n) is 5.19. The van der Waals surface area contributed by atoms with Gasteiger partial charge < -0.3 is 19.5 Å². The average Bonchev–Trinajstić information content (AvgIpc) is 3.18. The lowest BCUT2D eigenvalue weighted by Gasteiger charge is -2.32. The van der Waals surface area contributed by atoms with Crippen molar-refractivity contribution in [1.29, 1.82) is 0 Å². The SMILES string of the molecule is C=CC[C@@H]1N(c2ccc(Br)cc2)C(=O)[C@H]2[C@@H](C(=O)[O-])[C@@H]3C=C[C@@]12O3. The van der Waals surface area contributed by atoms with E-state index >= 15 is 0 Å². The number of rotatable bonds is 4.